The molecular weight excluding hydrogens is 542 g/mol. The predicted molar refractivity (Wildman–Crippen MR) is 170 cm³/mol. The summed E-state index contributed by atoms with van der Waals surface area (Å²) in [5.41, 5.74) is 10.7. The molecule has 0 fully saturated rings. The summed E-state index contributed by atoms with van der Waals surface area (Å²) in [6.07, 6.45) is 0.702. The summed E-state index contributed by atoms with van der Waals surface area (Å²) in [6.45, 7) is 2.53. The first-order chi connectivity index (χ1) is 20.8. The molecule has 0 aliphatic carbocycles. The lowest BCUT2D eigenvalue weighted by atomic mass is 10.1. The van der Waals surface area contributed by atoms with Crippen molar-refractivity contribution in [2.75, 3.05) is 37.5 Å². The summed E-state index contributed by atoms with van der Waals surface area (Å²) in [4.78, 5) is 28.4. The molecule has 0 aliphatic heterocycles. The number of anilines is 2. The zero-order chi connectivity index (χ0) is 30.8. The van der Waals surface area contributed by atoms with E-state index >= 15 is 0 Å². The summed E-state index contributed by atoms with van der Waals surface area (Å²) >= 11 is 0. The quantitative estimate of drug-likeness (QED) is 0.132. The largest absolute Gasteiger partial charge is 0.496 e. The van der Waals surface area contributed by atoms with Gasteiger partial charge in [0.2, 0.25) is 5.91 Å². The van der Waals surface area contributed by atoms with Gasteiger partial charge in [-0.2, -0.15) is 0 Å². The fraction of sp³-hybridized carbons (Fsp3) is 0.206. The molecule has 4 aromatic rings. The van der Waals surface area contributed by atoms with Crippen LogP contribution in [0.1, 0.15) is 32.6 Å². The Balaban J connectivity index is 1.51. The Morgan fingerprint density at radius 3 is 2.09 bits per heavy atom. The Bertz CT molecular complexity index is 1550. The molecule has 0 spiro atoms. The monoisotopic (exact) mass is 579 g/mol. The fourth-order valence-electron chi connectivity index (χ4n) is 4.72. The minimum absolute atomic E-state index is 0.00164. The Labute approximate surface area is 252 Å². The van der Waals surface area contributed by atoms with Crippen LogP contribution >= 0.6 is 0 Å². The fourth-order valence-corrected chi connectivity index (χ4v) is 4.72. The summed E-state index contributed by atoms with van der Waals surface area (Å²) in [5, 5.41) is 14.1. The molecule has 0 heterocycles. The highest BCUT2D eigenvalue weighted by molar-refractivity contribution is 5.98. The van der Waals surface area contributed by atoms with Gasteiger partial charge >= 0.3 is 0 Å². The van der Waals surface area contributed by atoms with Crippen LogP contribution in [0.2, 0.25) is 0 Å². The van der Waals surface area contributed by atoms with Crippen molar-refractivity contribution in [1.29, 1.82) is 5.41 Å². The average molecular weight is 580 g/mol. The number of nitrogens with zero attached hydrogens (tertiary/aromatic N) is 1. The van der Waals surface area contributed by atoms with Gasteiger partial charge in [-0.15, -0.1) is 0 Å². The number of nitrogens with two attached hydrogens (primary N) is 1. The maximum atomic E-state index is 13.6. The molecule has 2 amide bonds. The van der Waals surface area contributed by atoms with E-state index in [9.17, 15) is 9.59 Å². The van der Waals surface area contributed by atoms with Crippen molar-refractivity contribution < 1.29 is 19.1 Å². The molecule has 4 rings (SSSR count). The minimum atomic E-state index is -0.314. The number of rotatable bonds is 13. The Kier molecular flexibility index (Phi) is 10.4. The third-order valence-corrected chi connectivity index (χ3v) is 7.14. The number of para-hydroxylation sites is 1. The number of benzene rings is 4. The molecular formula is C34H37N5O4. The number of ether oxygens (including phenoxy) is 2. The maximum absolute atomic E-state index is 13.6. The van der Waals surface area contributed by atoms with Crippen LogP contribution in [0.25, 0.3) is 0 Å². The first kappa shape index (κ1) is 30.6. The van der Waals surface area contributed by atoms with Crippen LogP contribution in [0.5, 0.6) is 11.5 Å². The number of methoxy groups -OCH3 is 2. The number of carbonyl (C=O) groups excluding carboxylic acids is 2. The first-order valence-corrected chi connectivity index (χ1v) is 13.9. The van der Waals surface area contributed by atoms with Crippen molar-refractivity contribution in [1.82, 2.24) is 5.32 Å². The van der Waals surface area contributed by atoms with Crippen LogP contribution in [0.4, 0.5) is 11.4 Å². The van der Waals surface area contributed by atoms with E-state index in [1.165, 1.54) is 0 Å². The van der Waals surface area contributed by atoms with Crippen molar-refractivity contribution in [3.8, 4) is 11.5 Å². The SMILES string of the molecule is COc1cc(C(=O)NCc2ccc(C(=N)N)cc2NCC(=O)N(CCc2ccccc2)c2ccccc2)cc(OC)c1C. The van der Waals surface area contributed by atoms with Crippen molar-refractivity contribution >= 4 is 29.0 Å². The molecule has 0 saturated heterocycles. The standard InChI is InChI=1S/C34H37N5O4/c1-23-30(42-2)19-27(20-31(23)43-3)34(41)38-21-26-15-14-25(33(35)36)18-29(26)37-22-32(40)39(28-12-8-5-9-13-28)17-16-24-10-6-4-7-11-24/h4-15,18-20,37H,16-17,21-22H2,1-3H3,(H3,35,36)(H,38,41). The van der Waals surface area contributed by atoms with Crippen molar-refractivity contribution in [3.63, 3.8) is 0 Å². The number of nitrogens with one attached hydrogen (secondary N) is 3. The van der Waals surface area contributed by atoms with E-state index in [2.05, 4.69) is 10.6 Å². The van der Waals surface area contributed by atoms with Crippen molar-refractivity contribution in [2.45, 2.75) is 19.9 Å². The van der Waals surface area contributed by atoms with Crippen LogP contribution < -0.4 is 30.7 Å². The van der Waals surface area contributed by atoms with Gasteiger partial charge in [-0.05, 0) is 54.8 Å². The molecule has 0 atom stereocenters. The Morgan fingerprint density at radius 1 is 0.860 bits per heavy atom. The number of carbonyl (C=O) groups is 2. The second kappa shape index (κ2) is 14.5. The number of amidine groups is 1. The molecule has 4 aromatic carbocycles. The minimum Gasteiger partial charge on any atom is -0.496 e. The van der Waals surface area contributed by atoms with Gasteiger partial charge in [0.15, 0.2) is 0 Å². The Hall–Kier alpha value is -5.31. The lowest BCUT2D eigenvalue weighted by Gasteiger charge is -2.24. The van der Waals surface area contributed by atoms with Crippen LogP contribution in [0, 0.1) is 12.3 Å². The maximum Gasteiger partial charge on any atom is 0.251 e. The van der Waals surface area contributed by atoms with E-state index in [-0.39, 0.29) is 30.7 Å². The molecule has 0 unspecified atom stereocenters. The topological polar surface area (TPSA) is 130 Å². The van der Waals surface area contributed by atoms with Gasteiger partial charge in [0.1, 0.15) is 17.3 Å². The third kappa shape index (κ3) is 7.91. The molecule has 0 bridgehead atoms. The van der Waals surface area contributed by atoms with Gasteiger partial charge in [-0.1, -0.05) is 60.7 Å². The second-order valence-electron chi connectivity index (χ2n) is 9.94. The van der Waals surface area contributed by atoms with Gasteiger partial charge in [0, 0.05) is 41.2 Å². The number of nitrogen functional groups attached to an aromatic ring is 1. The molecule has 222 valence electrons. The molecule has 43 heavy (non-hydrogen) atoms. The van der Waals surface area contributed by atoms with Gasteiger partial charge in [-0.3, -0.25) is 15.0 Å². The normalized spacial score (nSPS) is 10.5. The second-order valence-corrected chi connectivity index (χ2v) is 9.94. The number of hydrogen-bond acceptors (Lipinski definition) is 6. The van der Waals surface area contributed by atoms with Crippen LogP contribution in [-0.4, -0.2) is 45.0 Å². The van der Waals surface area contributed by atoms with E-state index in [0.717, 1.165) is 22.4 Å². The van der Waals surface area contributed by atoms with Gasteiger partial charge in [0.25, 0.3) is 5.91 Å². The lowest BCUT2D eigenvalue weighted by Crippen LogP contribution is -2.37. The van der Waals surface area contributed by atoms with E-state index in [1.54, 1.807) is 49.5 Å². The highest BCUT2D eigenvalue weighted by Crippen LogP contribution is 2.29. The first-order valence-electron chi connectivity index (χ1n) is 13.9. The molecule has 0 radical (unpaired) electrons. The zero-order valence-corrected chi connectivity index (χ0v) is 24.6. The van der Waals surface area contributed by atoms with E-state index < -0.39 is 0 Å². The molecule has 5 N–H and O–H groups in total. The molecule has 0 aromatic heterocycles. The summed E-state index contributed by atoms with van der Waals surface area (Å²) < 4.78 is 10.8. The highest BCUT2D eigenvalue weighted by Gasteiger charge is 2.18. The molecule has 0 aliphatic rings. The average Bonchev–Trinajstić information content (AvgIpc) is 3.03. The number of hydrogen-bond donors (Lipinski definition) is 4. The van der Waals surface area contributed by atoms with Crippen LogP contribution in [0.3, 0.4) is 0 Å². The van der Waals surface area contributed by atoms with Crippen molar-refractivity contribution in [2.24, 2.45) is 5.73 Å². The molecule has 0 saturated carbocycles. The van der Waals surface area contributed by atoms with Gasteiger partial charge in [0.05, 0.1) is 20.8 Å². The van der Waals surface area contributed by atoms with E-state index in [4.69, 9.17) is 20.6 Å². The molecule has 9 nitrogen and oxygen atoms in total. The van der Waals surface area contributed by atoms with Gasteiger partial charge in [-0.25, -0.2) is 0 Å². The van der Waals surface area contributed by atoms with Crippen LogP contribution in [0.15, 0.2) is 91.0 Å². The summed E-state index contributed by atoms with van der Waals surface area (Å²) in [7, 11) is 3.08. The van der Waals surface area contributed by atoms with E-state index in [0.29, 0.717) is 41.3 Å². The Morgan fingerprint density at radius 2 is 1.49 bits per heavy atom. The summed E-state index contributed by atoms with van der Waals surface area (Å²) in [5.74, 6) is 0.560. The highest BCUT2D eigenvalue weighted by atomic mass is 16.5. The zero-order valence-electron chi connectivity index (χ0n) is 24.6. The van der Waals surface area contributed by atoms with Gasteiger partial charge < -0.3 is 30.7 Å². The van der Waals surface area contributed by atoms with E-state index in [1.807, 2.05) is 67.6 Å². The number of amides is 2. The van der Waals surface area contributed by atoms with Crippen molar-refractivity contribution in [3.05, 3.63) is 119 Å². The predicted octanol–water partition coefficient (Wildman–Crippen LogP) is 4.91. The summed E-state index contributed by atoms with van der Waals surface area (Å²) in [6, 6.07) is 28.1. The lowest BCUT2D eigenvalue weighted by molar-refractivity contribution is -0.117. The third-order valence-electron chi connectivity index (χ3n) is 7.14. The smallest absolute Gasteiger partial charge is 0.251 e. The molecule has 9 heteroatoms. The van der Waals surface area contributed by atoms with Crippen LogP contribution in [-0.2, 0) is 17.8 Å².